The zero-order valence-corrected chi connectivity index (χ0v) is 19.4. The van der Waals surface area contributed by atoms with E-state index in [4.69, 9.17) is 4.79 Å². The van der Waals surface area contributed by atoms with Crippen molar-refractivity contribution in [2.75, 3.05) is 7.05 Å². The van der Waals surface area contributed by atoms with Gasteiger partial charge in [0.15, 0.2) is 5.78 Å². The molecule has 0 unspecified atom stereocenters. The fourth-order valence-electron chi connectivity index (χ4n) is 2.72. The van der Waals surface area contributed by atoms with E-state index >= 15 is 0 Å². The number of aromatic amines is 1. The number of ketones is 1. The molecule has 176 valence electrons. The predicted octanol–water partition coefficient (Wildman–Crippen LogP) is 5.39. The Balaban J connectivity index is 0.00000124. The van der Waals surface area contributed by atoms with Gasteiger partial charge in [-0.3, -0.25) is 4.79 Å². The molecule has 0 aliphatic heterocycles. The van der Waals surface area contributed by atoms with E-state index in [0.29, 0.717) is 23.4 Å². The van der Waals surface area contributed by atoms with E-state index in [1.807, 2.05) is 13.8 Å². The molecule has 2 aromatic heterocycles. The van der Waals surface area contributed by atoms with Crippen LogP contribution in [0.25, 0.3) is 11.3 Å². The van der Waals surface area contributed by atoms with Gasteiger partial charge < -0.3 is 20.0 Å². The number of H-pyrrole nitrogens is 1. The molecule has 0 spiro atoms. The number of nitrogens with two attached hydrogens (primary N) is 1. The lowest BCUT2D eigenvalue weighted by Crippen LogP contribution is -1.99. The molecule has 0 radical (unpaired) electrons. The van der Waals surface area contributed by atoms with Gasteiger partial charge in [0.05, 0.1) is 11.9 Å². The summed E-state index contributed by atoms with van der Waals surface area (Å²) in [5.41, 5.74) is 6.13. The smallest absolute Gasteiger partial charge is 0.184 e. The number of nitrogens with one attached hydrogen (secondary N) is 1. The normalized spacial score (nSPS) is 9.31. The summed E-state index contributed by atoms with van der Waals surface area (Å²) in [6, 6.07) is 8.24. The Morgan fingerprint density at radius 2 is 1.78 bits per heavy atom. The first-order chi connectivity index (χ1) is 15.7. The van der Waals surface area contributed by atoms with Crippen LogP contribution < -0.4 is 5.73 Å². The topological polar surface area (TPSA) is 115 Å². The van der Waals surface area contributed by atoms with Gasteiger partial charge in [-0.2, -0.15) is 0 Å². The van der Waals surface area contributed by atoms with Crippen LogP contribution in [0.2, 0.25) is 0 Å². The number of hydrogen-bond donors (Lipinski definition) is 2. The largest absolute Gasteiger partial charge is 0.364 e. The van der Waals surface area contributed by atoms with Crippen molar-refractivity contribution in [3.05, 3.63) is 60.1 Å². The fourth-order valence-corrected chi connectivity index (χ4v) is 2.72. The summed E-state index contributed by atoms with van der Waals surface area (Å²) in [4.78, 5) is 28.1. The third-order valence-electron chi connectivity index (χ3n) is 4.08. The third kappa shape index (κ3) is 10.8. The molecule has 0 bridgehead atoms. The van der Waals surface area contributed by atoms with Crippen LogP contribution in [-0.4, -0.2) is 34.2 Å². The maximum atomic E-state index is 13.8. The van der Waals surface area contributed by atoms with Gasteiger partial charge in [-0.15, -0.1) is 0 Å². The van der Waals surface area contributed by atoms with Gasteiger partial charge in [-0.05, 0) is 38.9 Å². The number of Topliss-reactive ketones (excluding diaryl/α,β-unsaturated/α-hetero) is 1. The van der Waals surface area contributed by atoms with Crippen LogP contribution in [0.4, 0.5) is 4.39 Å². The highest BCUT2D eigenvalue weighted by Crippen LogP contribution is 2.21. The molecule has 2 heterocycles. The average molecular weight is 447 g/mol. The Kier molecular flexibility index (Phi) is 16.8. The maximum absolute atomic E-state index is 13.8. The summed E-state index contributed by atoms with van der Waals surface area (Å²) >= 11 is 0. The van der Waals surface area contributed by atoms with Crippen LogP contribution in [0.3, 0.4) is 0 Å². The minimum Gasteiger partial charge on any atom is -0.364 e. The minimum atomic E-state index is -0.255. The number of aryl methyl sites for hydroxylation is 1. The maximum Gasteiger partial charge on any atom is 0.184 e. The quantitative estimate of drug-likeness (QED) is 0.259. The summed E-state index contributed by atoms with van der Waals surface area (Å²) in [5.74, 6) is 0.626. The Bertz CT molecular complexity index is 864. The van der Waals surface area contributed by atoms with E-state index in [9.17, 15) is 9.18 Å². The van der Waals surface area contributed by atoms with E-state index in [-0.39, 0.29) is 11.6 Å². The lowest BCUT2D eigenvalue weighted by Gasteiger charge is -2.00. The number of rotatable bonds is 9. The first-order valence-corrected chi connectivity index (χ1v) is 10.9. The van der Waals surface area contributed by atoms with E-state index in [1.165, 1.54) is 26.3 Å². The summed E-state index contributed by atoms with van der Waals surface area (Å²) in [5, 5.41) is 3.64. The lowest BCUT2D eigenvalue weighted by molar-refractivity contribution is -0.106. The van der Waals surface area contributed by atoms with Gasteiger partial charge in [-0.25, -0.2) is 9.37 Å². The Morgan fingerprint density at radius 1 is 1.12 bits per heavy atom. The molecule has 3 rings (SSSR count). The highest BCUT2D eigenvalue weighted by molar-refractivity contribution is 5.93. The number of aromatic nitrogens is 3. The van der Waals surface area contributed by atoms with Gasteiger partial charge in [0.25, 0.3) is 0 Å². The number of carbonyl (C=O) groups excluding carboxylic acids is 2. The van der Waals surface area contributed by atoms with Crippen molar-refractivity contribution in [2.45, 2.75) is 59.3 Å². The van der Waals surface area contributed by atoms with Crippen molar-refractivity contribution in [3.63, 3.8) is 0 Å². The first kappa shape index (κ1) is 28.9. The molecular weight excluding hydrogens is 411 g/mol. The van der Waals surface area contributed by atoms with E-state index in [0.717, 1.165) is 44.2 Å². The van der Waals surface area contributed by atoms with Crippen molar-refractivity contribution in [1.82, 2.24) is 15.1 Å². The number of unbranched alkanes of at least 4 members (excludes halogenated alkanes) is 3. The Labute approximate surface area is 189 Å². The molecule has 0 aliphatic rings. The molecule has 7 nitrogen and oxygen atoms in total. The lowest BCUT2D eigenvalue weighted by atomic mass is 10.1. The van der Waals surface area contributed by atoms with Crippen LogP contribution in [0, 0.1) is 5.82 Å². The molecule has 0 saturated heterocycles. The second kappa shape index (κ2) is 18.6. The summed E-state index contributed by atoms with van der Waals surface area (Å²) < 4.78 is 18.4. The molecule has 0 amide bonds. The molecule has 32 heavy (non-hydrogen) atoms. The van der Waals surface area contributed by atoms with Crippen molar-refractivity contribution in [1.29, 1.82) is 0 Å². The molecular formula is C24H35FN4O3. The van der Waals surface area contributed by atoms with Crippen LogP contribution >= 0.6 is 0 Å². The fraction of sp³-hybridized carbons (Fsp3) is 0.417. The first-order valence-electron chi connectivity index (χ1n) is 10.9. The SMILES string of the molecule is CC.CC=O.CN.O=C(CCCCCCc1ncc(-c2ccccc2F)[nH]1)c1ccon1. The molecule has 0 aliphatic carbocycles. The van der Waals surface area contributed by atoms with Crippen molar-refractivity contribution in [3.8, 4) is 11.3 Å². The second-order valence-corrected chi connectivity index (χ2v) is 6.18. The number of benzene rings is 1. The molecule has 0 saturated carbocycles. The van der Waals surface area contributed by atoms with Gasteiger partial charge >= 0.3 is 0 Å². The van der Waals surface area contributed by atoms with Crippen molar-refractivity contribution < 1.29 is 18.5 Å². The standard InChI is InChI=1S/C19H20FN3O2.C2H4O.C2H6.CH5N/c20-15-8-6-5-7-14(15)17-13-21-19(22-17)10-4-2-1-3-9-18(24)16-11-12-25-23-16;1-2-3;2*1-2/h5-8,11-13H,1-4,9-10H2,(H,21,22);2H,1H3;1-2H3;2H2,1H3. The van der Waals surface area contributed by atoms with Crippen LogP contribution in [0.5, 0.6) is 0 Å². The van der Waals surface area contributed by atoms with Crippen molar-refractivity contribution >= 4 is 12.1 Å². The van der Waals surface area contributed by atoms with Gasteiger partial charge in [-0.1, -0.05) is 44.0 Å². The molecule has 3 aromatic rings. The number of hydrogen-bond acceptors (Lipinski definition) is 6. The Morgan fingerprint density at radius 3 is 2.41 bits per heavy atom. The number of halogens is 1. The molecule has 3 N–H and O–H groups in total. The van der Waals surface area contributed by atoms with E-state index in [1.54, 1.807) is 30.5 Å². The monoisotopic (exact) mass is 446 g/mol. The molecule has 8 heteroatoms. The zero-order valence-electron chi connectivity index (χ0n) is 19.4. The number of imidazole rings is 1. The zero-order chi connectivity index (χ0) is 24.2. The van der Waals surface area contributed by atoms with Crippen LogP contribution in [0.1, 0.15) is 69.2 Å². The van der Waals surface area contributed by atoms with Crippen molar-refractivity contribution in [2.24, 2.45) is 5.73 Å². The number of nitrogens with zero attached hydrogens (tertiary/aromatic N) is 2. The van der Waals surface area contributed by atoms with Gasteiger partial charge in [0, 0.05) is 24.5 Å². The number of aldehydes is 1. The average Bonchev–Trinajstić information content (AvgIpc) is 3.52. The summed E-state index contributed by atoms with van der Waals surface area (Å²) in [7, 11) is 1.50. The molecule has 1 aromatic carbocycles. The highest BCUT2D eigenvalue weighted by Gasteiger charge is 2.09. The molecule has 0 atom stereocenters. The highest BCUT2D eigenvalue weighted by atomic mass is 19.1. The minimum absolute atomic E-state index is 0.0225. The van der Waals surface area contributed by atoms with Crippen LogP contribution in [-0.2, 0) is 11.2 Å². The van der Waals surface area contributed by atoms with Gasteiger partial charge in [0.1, 0.15) is 29.9 Å². The molecule has 0 fully saturated rings. The number of carbonyl (C=O) groups is 2. The summed E-state index contributed by atoms with van der Waals surface area (Å²) in [6.07, 6.45) is 8.94. The predicted molar refractivity (Wildman–Crippen MR) is 125 cm³/mol. The van der Waals surface area contributed by atoms with Gasteiger partial charge in [0.2, 0.25) is 0 Å². The van der Waals surface area contributed by atoms with Crippen LogP contribution in [0.15, 0.2) is 47.3 Å². The van der Waals surface area contributed by atoms with E-state index < -0.39 is 0 Å². The summed E-state index contributed by atoms with van der Waals surface area (Å²) in [6.45, 7) is 5.44. The second-order valence-electron chi connectivity index (χ2n) is 6.18. The Hall–Kier alpha value is -3.13. The third-order valence-corrected chi connectivity index (χ3v) is 4.08. The van der Waals surface area contributed by atoms with E-state index in [2.05, 4.69) is 25.4 Å².